The lowest BCUT2D eigenvalue weighted by Gasteiger charge is -2.18. The number of unbranched alkanes of at least 4 members (excludes halogenated alkanes) is 8. The summed E-state index contributed by atoms with van der Waals surface area (Å²) in [5.41, 5.74) is 2.00. The summed E-state index contributed by atoms with van der Waals surface area (Å²) < 4.78 is 5.87. The van der Waals surface area contributed by atoms with Crippen molar-refractivity contribution in [1.29, 1.82) is 0 Å². The number of carbonyl (C=O) groups is 1. The van der Waals surface area contributed by atoms with Crippen molar-refractivity contribution < 1.29 is 9.53 Å². The maximum atomic E-state index is 12.5. The van der Waals surface area contributed by atoms with Crippen LogP contribution in [0.25, 0.3) is 0 Å². The van der Waals surface area contributed by atoms with Gasteiger partial charge in [0.1, 0.15) is 6.10 Å². The molecule has 27 heavy (non-hydrogen) atoms. The Kier molecular flexibility index (Phi) is 13.8. The second-order valence-electron chi connectivity index (χ2n) is 7.88. The Morgan fingerprint density at radius 2 is 1.30 bits per heavy atom. The van der Waals surface area contributed by atoms with Crippen molar-refractivity contribution in [1.82, 2.24) is 0 Å². The minimum absolute atomic E-state index is 0.0767. The number of esters is 1. The first-order valence-electron chi connectivity index (χ1n) is 11.5. The van der Waals surface area contributed by atoms with Gasteiger partial charge < -0.3 is 4.74 Å². The van der Waals surface area contributed by atoms with Gasteiger partial charge in [-0.1, -0.05) is 90.7 Å². The monoisotopic (exact) mass is 374 g/mol. The zero-order valence-corrected chi connectivity index (χ0v) is 18.1. The average Bonchev–Trinajstić information content (AvgIpc) is 2.69. The van der Waals surface area contributed by atoms with Crippen molar-refractivity contribution in [3.05, 3.63) is 35.4 Å². The number of ether oxygens (including phenoxy) is 1. The molecule has 0 fully saturated rings. The highest BCUT2D eigenvalue weighted by Gasteiger charge is 2.15. The number of carbonyl (C=O) groups excluding carboxylic acids is 1. The molecule has 0 bridgehead atoms. The van der Waals surface area contributed by atoms with Gasteiger partial charge in [-0.3, -0.25) is 0 Å². The maximum Gasteiger partial charge on any atom is 0.338 e. The van der Waals surface area contributed by atoms with Crippen LogP contribution in [0, 0.1) is 0 Å². The number of aryl methyl sites for hydroxylation is 1. The topological polar surface area (TPSA) is 26.3 Å². The minimum Gasteiger partial charge on any atom is -0.459 e. The molecule has 1 atom stereocenters. The van der Waals surface area contributed by atoms with E-state index in [0.717, 1.165) is 32.1 Å². The molecule has 0 heterocycles. The van der Waals surface area contributed by atoms with Crippen molar-refractivity contribution in [2.45, 2.75) is 117 Å². The van der Waals surface area contributed by atoms with E-state index in [0.29, 0.717) is 5.56 Å². The molecule has 0 aliphatic heterocycles. The van der Waals surface area contributed by atoms with E-state index in [-0.39, 0.29) is 12.1 Å². The molecule has 0 aliphatic rings. The highest BCUT2D eigenvalue weighted by atomic mass is 16.5. The van der Waals surface area contributed by atoms with Gasteiger partial charge in [-0.2, -0.15) is 0 Å². The second kappa shape index (κ2) is 15.7. The van der Waals surface area contributed by atoms with Crippen molar-refractivity contribution >= 4 is 5.97 Å². The smallest absolute Gasteiger partial charge is 0.338 e. The zero-order chi connectivity index (χ0) is 19.7. The van der Waals surface area contributed by atoms with Gasteiger partial charge in [-0.05, 0) is 49.8 Å². The Morgan fingerprint density at radius 1 is 0.741 bits per heavy atom. The number of benzene rings is 1. The van der Waals surface area contributed by atoms with Crippen LogP contribution in [0.2, 0.25) is 0 Å². The normalized spacial score (nSPS) is 12.1. The van der Waals surface area contributed by atoms with E-state index in [1.165, 1.54) is 63.4 Å². The summed E-state index contributed by atoms with van der Waals surface area (Å²) in [5.74, 6) is -0.152. The standard InChI is InChI=1S/C25H42O2/c1-4-7-10-11-12-13-14-17-24(16-9-6-3)27-25(26)23-20-18-22(19-21-23)15-8-5-2/h18-21,24H,4-17H2,1-3H3. The fourth-order valence-corrected chi connectivity index (χ4v) is 3.43. The minimum atomic E-state index is -0.152. The second-order valence-corrected chi connectivity index (χ2v) is 7.88. The average molecular weight is 375 g/mol. The van der Waals surface area contributed by atoms with Gasteiger partial charge in [0, 0.05) is 0 Å². The highest BCUT2D eigenvalue weighted by Crippen LogP contribution is 2.17. The van der Waals surface area contributed by atoms with Gasteiger partial charge in [0.05, 0.1) is 5.56 Å². The van der Waals surface area contributed by atoms with Crippen LogP contribution in [0.4, 0.5) is 0 Å². The number of rotatable bonds is 16. The van der Waals surface area contributed by atoms with Crippen molar-refractivity contribution in [2.24, 2.45) is 0 Å². The van der Waals surface area contributed by atoms with E-state index >= 15 is 0 Å². The van der Waals surface area contributed by atoms with E-state index < -0.39 is 0 Å². The van der Waals surface area contributed by atoms with Gasteiger partial charge in [0.25, 0.3) is 0 Å². The van der Waals surface area contributed by atoms with Crippen molar-refractivity contribution in [3.63, 3.8) is 0 Å². The number of hydrogen-bond acceptors (Lipinski definition) is 2. The predicted octanol–water partition coefficient (Wildman–Crippen LogP) is 7.89. The Bertz CT molecular complexity index is 478. The molecule has 1 aromatic rings. The third-order valence-corrected chi connectivity index (χ3v) is 5.29. The van der Waals surface area contributed by atoms with Crippen LogP contribution in [0.3, 0.4) is 0 Å². The Balaban J connectivity index is 2.41. The first kappa shape index (κ1) is 23.7. The molecule has 1 aromatic carbocycles. The SMILES string of the molecule is CCCCCCCCCC(CCCC)OC(=O)c1ccc(CCCC)cc1. The third-order valence-electron chi connectivity index (χ3n) is 5.29. The fraction of sp³-hybridized carbons (Fsp3) is 0.720. The van der Waals surface area contributed by atoms with Gasteiger partial charge >= 0.3 is 5.97 Å². The molecule has 0 radical (unpaired) electrons. The first-order chi connectivity index (χ1) is 13.2. The largest absolute Gasteiger partial charge is 0.459 e. The summed E-state index contributed by atoms with van der Waals surface area (Å²) in [6, 6.07) is 8.00. The fourth-order valence-electron chi connectivity index (χ4n) is 3.43. The van der Waals surface area contributed by atoms with Crippen LogP contribution in [-0.4, -0.2) is 12.1 Å². The molecular weight excluding hydrogens is 332 g/mol. The van der Waals surface area contributed by atoms with Gasteiger partial charge in [0.15, 0.2) is 0 Å². The van der Waals surface area contributed by atoms with E-state index in [4.69, 9.17) is 4.74 Å². The van der Waals surface area contributed by atoms with E-state index in [1.807, 2.05) is 12.1 Å². The molecular formula is C25H42O2. The summed E-state index contributed by atoms with van der Waals surface area (Å²) >= 11 is 0. The summed E-state index contributed by atoms with van der Waals surface area (Å²) in [6.45, 7) is 6.65. The van der Waals surface area contributed by atoms with Gasteiger partial charge in [0.2, 0.25) is 0 Å². The summed E-state index contributed by atoms with van der Waals surface area (Å²) in [6.07, 6.45) is 16.9. The van der Waals surface area contributed by atoms with Crippen LogP contribution in [-0.2, 0) is 11.2 Å². The molecule has 0 saturated heterocycles. The Morgan fingerprint density at radius 3 is 1.93 bits per heavy atom. The molecule has 0 N–H and O–H groups in total. The Hall–Kier alpha value is -1.31. The molecule has 154 valence electrons. The molecule has 0 aliphatic carbocycles. The maximum absolute atomic E-state index is 12.5. The molecule has 2 heteroatoms. The van der Waals surface area contributed by atoms with Crippen LogP contribution >= 0.6 is 0 Å². The zero-order valence-electron chi connectivity index (χ0n) is 18.1. The number of hydrogen-bond donors (Lipinski definition) is 0. The van der Waals surface area contributed by atoms with Gasteiger partial charge in [-0.25, -0.2) is 4.79 Å². The molecule has 1 unspecified atom stereocenters. The molecule has 0 saturated carbocycles. The molecule has 0 aromatic heterocycles. The summed E-state index contributed by atoms with van der Waals surface area (Å²) in [7, 11) is 0. The van der Waals surface area contributed by atoms with Crippen molar-refractivity contribution in [2.75, 3.05) is 0 Å². The Labute approximate surface area is 168 Å². The molecule has 0 spiro atoms. The van der Waals surface area contributed by atoms with E-state index in [9.17, 15) is 4.79 Å². The lowest BCUT2D eigenvalue weighted by Crippen LogP contribution is -2.18. The van der Waals surface area contributed by atoms with E-state index in [1.54, 1.807) is 0 Å². The molecule has 1 rings (SSSR count). The first-order valence-corrected chi connectivity index (χ1v) is 11.5. The van der Waals surface area contributed by atoms with Crippen LogP contribution in [0.1, 0.15) is 120 Å². The van der Waals surface area contributed by atoms with Crippen LogP contribution in [0.15, 0.2) is 24.3 Å². The third kappa shape index (κ3) is 11.2. The quantitative estimate of drug-likeness (QED) is 0.217. The summed E-state index contributed by atoms with van der Waals surface area (Å²) in [4.78, 5) is 12.5. The van der Waals surface area contributed by atoms with Gasteiger partial charge in [-0.15, -0.1) is 0 Å². The lowest BCUT2D eigenvalue weighted by atomic mass is 10.0. The van der Waals surface area contributed by atoms with Crippen LogP contribution in [0.5, 0.6) is 0 Å². The van der Waals surface area contributed by atoms with Crippen LogP contribution < -0.4 is 0 Å². The van der Waals surface area contributed by atoms with E-state index in [2.05, 4.69) is 32.9 Å². The predicted molar refractivity (Wildman–Crippen MR) is 116 cm³/mol. The lowest BCUT2D eigenvalue weighted by molar-refractivity contribution is 0.0250. The molecule has 0 amide bonds. The molecule has 2 nitrogen and oxygen atoms in total. The summed E-state index contributed by atoms with van der Waals surface area (Å²) in [5, 5.41) is 0. The highest BCUT2D eigenvalue weighted by molar-refractivity contribution is 5.89. The van der Waals surface area contributed by atoms with Crippen molar-refractivity contribution in [3.8, 4) is 0 Å².